The summed E-state index contributed by atoms with van der Waals surface area (Å²) in [6, 6.07) is 7.63. The lowest BCUT2D eigenvalue weighted by Gasteiger charge is -2.19. The second-order valence-corrected chi connectivity index (χ2v) is 7.99. The number of aryl methyl sites for hydroxylation is 1. The minimum absolute atomic E-state index is 0.138. The Balaban J connectivity index is 2.17. The molecule has 0 bridgehead atoms. The Labute approximate surface area is 165 Å². The Morgan fingerprint density at radius 3 is 2.67 bits per heavy atom. The molecule has 1 amide bonds. The van der Waals surface area contributed by atoms with E-state index in [4.69, 9.17) is 20.8 Å². The number of esters is 1. The third-order valence-electron chi connectivity index (χ3n) is 4.16. The number of carbonyl (C=O) groups is 2. The number of hydrogen-bond donors (Lipinski definition) is 1. The van der Waals surface area contributed by atoms with Crippen LogP contribution < -0.4 is 5.32 Å². The van der Waals surface area contributed by atoms with Crippen LogP contribution in [0.2, 0.25) is 0 Å². The van der Waals surface area contributed by atoms with Crippen LogP contribution in [0.3, 0.4) is 0 Å². The number of furan rings is 1. The van der Waals surface area contributed by atoms with E-state index in [1.807, 2.05) is 24.3 Å². The number of alkyl halides is 1. The van der Waals surface area contributed by atoms with Crippen molar-refractivity contribution in [2.24, 2.45) is 5.41 Å². The van der Waals surface area contributed by atoms with Gasteiger partial charge in [-0.15, -0.1) is 22.9 Å². The van der Waals surface area contributed by atoms with E-state index >= 15 is 0 Å². The number of ether oxygens (including phenoxy) is 1. The molecule has 3 aromatic rings. The van der Waals surface area contributed by atoms with Crippen LogP contribution in [-0.2, 0) is 9.53 Å². The van der Waals surface area contributed by atoms with Crippen molar-refractivity contribution in [3.8, 4) is 10.6 Å². The van der Waals surface area contributed by atoms with Crippen molar-refractivity contribution in [2.75, 3.05) is 18.3 Å². The van der Waals surface area contributed by atoms with Gasteiger partial charge in [0, 0.05) is 5.88 Å². The normalized spacial score (nSPS) is 11.6. The van der Waals surface area contributed by atoms with Crippen LogP contribution in [0.5, 0.6) is 0 Å². The summed E-state index contributed by atoms with van der Waals surface area (Å²) in [6.45, 7) is 5.10. The number of benzene rings is 1. The van der Waals surface area contributed by atoms with Crippen LogP contribution >= 0.6 is 22.9 Å². The highest BCUT2D eigenvalue weighted by Crippen LogP contribution is 2.41. The third-order valence-corrected chi connectivity index (χ3v) is 5.88. The number of halogens is 1. The van der Waals surface area contributed by atoms with Gasteiger partial charge in [0.15, 0.2) is 0 Å². The van der Waals surface area contributed by atoms with Gasteiger partial charge in [0.1, 0.15) is 16.3 Å². The molecule has 0 atom stereocenters. The van der Waals surface area contributed by atoms with Gasteiger partial charge in [0.25, 0.3) is 0 Å². The van der Waals surface area contributed by atoms with Crippen LogP contribution in [0.4, 0.5) is 5.88 Å². The molecule has 2 heterocycles. The summed E-state index contributed by atoms with van der Waals surface area (Å²) in [4.78, 5) is 29.5. The molecule has 1 N–H and O–H groups in total. The second-order valence-electron chi connectivity index (χ2n) is 6.69. The molecule has 2 aromatic heterocycles. The van der Waals surface area contributed by atoms with Crippen molar-refractivity contribution < 1.29 is 18.7 Å². The zero-order valence-electron chi connectivity index (χ0n) is 15.4. The fraction of sp³-hybridized carbons (Fsp3) is 0.316. The molecule has 0 unspecified atom stereocenters. The first-order chi connectivity index (χ1) is 12.8. The largest absolute Gasteiger partial charge is 0.465 e. The van der Waals surface area contributed by atoms with E-state index in [-0.39, 0.29) is 23.2 Å². The van der Waals surface area contributed by atoms with Crippen molar-refractivity contribution in [2.45, 2.75) is 20.8 Å². The van der Waals surface area contributed by atoms with E-state index < -0.39 is 11.4 Å². The number of amides is 1. The van der Waals surface area contributed by atoms with Gasteiger partial charge in [-0.25, -0.2) is 9.78 Å². The lowest BCUT2D eigenvalue weighted by molar-refractivity contribution is -0.123. The van der Waals surface area contributed by atoms with Gasteiger partial charge >= 0.3 is 5.97 Å². The van der Waals surface area contributed by atoms with Crippen LogP contribution in [0.1, 0.15) is 30.0 Å². The van der Waals surface area contributed by atoms with Crippen molar-refractivity contribution in [3.05, 3.63) is 35.6 Å². The molecular weight excluding hydrogens is 388 g/mol. The van der Waals surface area contributed by atoms with Crippen LogP contribution in [0.25, 0.3) is 20.8 Å². The smallest absolute Gasteiger partial charge is 0.342 e. The first-order valence-corrected chi connectivity index (χ1v) is 9.58. The van der Waals surface area contributed by atoms with E-state index in [1.165, 1.54) is 18.4 Å². The molecule has 0 saturated carbocycles. The molecule has 1 aromatic carbocycles. The molecular formula is C19H19ClN2O4S. The second kappa shape index (κ2) is 7.32. The van der Waals surface area contributed by atoms with Gasteiger partial charge in [-0.05, 0) is 32.9 Å². The summed E-state index contributed by atoms with van der Waals surface area (Å²) >= 11 is 7.30. The topological polar surface area (TPSA) is 81.4 Å². The standard InChI is InChI=1S/C19H19ClN2O4S/c1-10-13(17(23)25-4)14(15(26-10)22-18(24)19(2,3)9-20)16-21-11-7-5-6-8-12(11)27-16/h5-8H,9H2,1-4H3,(H,22,24). The maximum atomic E-state index is 12.6. The van der Waals surface area contributed by atoms with Gasteiger partial charge in [-0.2, -0.15) is 0 Å². The van der Waals surface area contributed by atoms with Crippen molar-refractivity contribution >= 4 is 50.9 Å². The molecule has 3 rings (SSSR count). The fourth-order valence-electron chi connectivity index (χ4n) is 2.50. The molecule has 142 valence electrons. The highest BCUT2D eigenvalue weighted by Gasteiger charge is 2.32. The zero-order valence-corrected chi connectivity index (χ0v) is 17.0. The summed E-state index contributed by atoms with van der Waals surface area (Å²) in [5.41, 5.74) is 0.652. The van der Waals surface area contributed by atoms with E-state index in [0.717, 1.165) is 10.2 Å². The Morgan fingerprint density at radius 2 is 2.04 bits per heavy atom. The number of nitrogens with zero attached hydrogens (tertiary/aromatic N) is 1. The van der Waals surface area contributed by atoms with E-state index in [2.05, 4.69) is 10.3 Å². The van der Waals surface area contributed by atoms with Crippen molar-refractivity contribution in [1.82, 2.24) is 4.98 Å². The molecule has 0 saturated heterocycles. The maximum Gasteiger partial charge on any atom is 0.342 e. The summed E-state index contributed by atoms with van der Waals surface area (Å²) in [5, 5.41) is 3.32. The van der Waals surface area contributed by atoms with Crippen LogP contribution in [0.15, 0.2) is 28.7 Å². The quantitative estimate of drug-likeness (QED) is 0.483. The van der Waals surface area contributed by atoms with Gasteiger partial charge in [-0.3, -0.25) is 10.1 Å². The molecule has 0 fully saturated rings. The van der Waals surface area contributed by atoms with Gasteiger partial charge in [0.2, 0.25) is 11.8 Å². The monoisotopic (exact) mass is 406 g/mol. The first kappa shape index (κ1) is 19.4. The fourth-order valence-corrected chi connectivity index (χ4v) is 3.63. The molecule has 0 radical (unpaired) electrons. The van der Waals surface area contributed by atoms with Gasteiger partial charge < -0.3 is 9.15 Å². The van der Waals surface area contributed by atoms with Crippen molar-refractivity contribution in [3.63, 3.8) is 0 Å². The highest BCUT2D eigenvalue weighted by atomic mass is 35.5. The van der Waals surface area contributed by atoms with E-state index in [9.17, 15) is 9.59 Å². The number of hydrogen-bond acceptors (Lipinski definition) is 6. The van der Waals surface area contributed by atoms with Crippen molar-refractivity contribution in [1.29, 1.82) is 0 Å². The minimum Gasteiger partial charge on any atom is -0.465 e. The summed E-state index contributed by atoms with van der Waals surface area (Å²) in [5.74, 6) is -0.225. The number of nitrogens with one attached hydrogen (secondary N) is 1. The number of aromatic nitrogens is 1. The number of fused-ring (bicyclic) bond motifs is 1. The minimum atomic E-state index is -0.807. The van der Waals surface area contributed by atoms with Crippen LogP contribution in [0, 0.1) is 12.3 Å². The van der Waals surface area contributed by atoms with E-state index in [0.29, 0.717) is 16.3 Å². The summed E-state index contributed by atoms with van der Waals surface area (Å²) < 4.78 is 11.6. The summed E-state index contributed by atoms with van der Waals surface area (Å²) in [6.07, 6.45) is 0. The lowest BCUT2D eigenvalue weighted by atomic mass is 9.95. The predicted octanol–water partition coefficient (Wildman–Crippen LogP) is 4.85. The first-order valence-electron chi connectivity index (χ1n) is 8.23. The number of anilines is 1. The zero-order chi connectivity index (χ0) is 19.8. The molecule has 0 aliphatic rings. The molecule has 0 aliphatic heterocycles. The number of rotatable bonds is 5. The molecule has 0 aliphatic carbocycles. The number of methoxy groups -OCH3 is 1. The SMILES string of the molecule is COC(=O)c1c(C)oc(NC(=O)C(C)(C)CCl)c1-c1nc2ccccc2s1. The summed E-state index contributed by atoms with van der Waals surface area (Å²) in [7, 11) is 1.30. The average Bonchev–Trinajstić information content (AvgIpc) is 3.21. The average molecular weight is 407 g/mol. The van der Waals surface area contributed by atoms with Gasteiger partial charge in [0.05, 0.1) is 28.3 Å². The van der Waals surface area contributed by atoms with Gasteiger partial charge in [-0.1, -0.05) is 12.1 Å². The Morgan fingerprint density at radius 1 is 1.33 bits per heavy atom. The number of carbonyl (C=O) groups excluding carboxylic acids is 2. The molecule has 6 nitrogen and oxygen atoms in total. The van der Waals surface area contributed by atoms with Crippen LogP contribution in [-0.4, -0.2) is 29.9 Å². The maximum absolute atomic E-state index is 12.6. The highest BCUT2D eigenvalue weighted by molar-refractivity contribution is 7.21. The number of para-hydroxylation sites is 1. The Hall–Kier alpha value is -2.38. The third kappa shape index (κ3) is 3.57. The molecule has 0 spiro atoms. The predicted molar refractivity (Wildman–Crippen MR) is 107 cm³/mol. The molecule has 8 heteroatoms. The molecule has 27 heavy (non-hydrogen) atoms. The number of thiazole rings is 1. The Kier molecular flexibility index (Phi) is 5.26. The van der Waals surface area contributed by atoms with E-state index in [1.54, 1.807) is 20.8 Å². The lowest BCUT2D eigenvalue weighted by Crippen LogP contribution is -2.32. The Bertz CT molecular complexity index is 989.